The molecule has 0 saturated carbocycles. The van der Waals surface area contributed by atoms with Crippen LogP contribution in [0.2, 0.25) is 0 Å². The number of thiocarbonyl (C=S) groups is 1. The Morgan fingerprint density at radius 1 is 1.28 bits per heavy atom. The summed E-state index contributed by atoms with van der Waals surface area (Å²) in [4.78, 5) is 13.9. The van der Waals surface area contributed by atoms with Crippen molar-refractivity contribution in [2.24, 2.45) is 0 Å². The number of nitrogens with one attached hydrogen (secondary N) is 2. The minimum absolute atomic E-state index is 0.161. The first-order valence-electron chi connectivity index (χ1n) is 9.60. The molecule has 8 heteroatoms. The first kappa shape index (κ1) is 21.2. The Bertz CT molecular complexity index is 934. The highest BCUT2D eigenvalue weighted by Crippen LogP contribution is 2.37. The molecule has 0 saturated heterocycles. The van der Waals surface area contributed by atoms with Gasteiger partial charge in [-0.3, -0.25) is 10.1 Å². The quantitative estimate of drug-likeness (QED) is 0.511. The Morgan fingerprint density at radius 3 is 2.86 bits per heavy atom. The van der Waals surface area contributed by atoms with Gasteiger partial charge in [-0.1, -0.05) is 12.1 Å². The zero-order valence-corrected chi connectivity index (χ0v) is 17.9. The van der Waals surface area contributed by atoms with Crippen LogP contribution in [-0.4, -0.2) is 30.8 Å². The summed E-state index contributed by atoms with van der Waals surface area (Å²) in [5.74, 6) is 0.103. The molecule has 0 atom stereocenters. The average Bonchev–Trinajstić information content (AvgIpc) is 3.08. The zero-order valence-electron chi connectivity index (χ0n) is 16.2. The number of ether oxygens (including phenoxy) is 2. The van der Waals surface area contributed by atoms with E-state index >= 15 is 0 Å². The van der Waals surface area contributed by atoms with E-state index in [2.05, 4.69) is 16.7 Å². The number of amides is 1. The third-order valence-electron chi connectivity index (χ3n) is 4.56. The first-order chi connectivity index (χ1) is 14.1. The van der Waals surface area contributed by atoms with E-state index in [1.807, 2.05) is 6.92 Å². The maximum Gasteiger partial charge on any atom is 0.261 e. The number of carbonyl (C=O) groups excluding carboxylic acids is 1. The zero-order chi connectivity index (χ0) is 20.6. The van der Waals surface area contributed by atoms with Crippen molar-refractivity contribution in [2.75, 3.05) is 25.1 Å². The Hall–Kier alpha value is -2.47. The number of benzene rings is 1. The summed E-state index contributed by atoms with van der Waals surface area (Å²) in [6.07, 6.45) is 4.14. The van der Waals surface area contributed by atoms with E-state index in [0.29, 0.717) is 41.7 Å². The van der Waals surface area contributed by atoms with Crippen LogP contribution in [0, 0.1) is 11.3 Å². The van der Waals surface area contributed by atoms with Gasteiger partial charge in [0.1, 0.15) is 23.4 Å². The van der Waals surface area contributed by atoms with Gasteiger partial charge < -0.3 is 14.8 Å². The highest BCUT2D eigenvalue weighted by Gasteiger charge is 2.22. The summed E-state index contributed by atoms with van der Waals surface area (Å²) in [6, 6.07) is 9.26. The molecule has 0 aliphatic heterocycles. The number of para-hydroxylation sites is 1. The minimum atomic E-state index is -0.366. The molecule has 1 heterocycles. The molecule has 3 rings (SSSR count). The van der Waals surface area contributed by atoms with Gasteiger partial charge in [-0.05, 0) is 62.5 Å². The summed E-state index contributed by atoms with van der Waals surface area (Å²) < 4.78 is 10.9. The molecule has 2 aromatic rings. The fraction of sp³-hybridized carbons (Fsp3) is 0.381. The Labute approximate surface area is 179 Å². The van der Waals surface area contributed by atoms with E-state index in [4.69, 9.17) is 21.7 Å². The lowest BCUT2D eigenvalue weighted by Gasteiger charge is -2.12. The molecule has 0 radical (unpaired) electrons. The maximum atomic E-state index is 12.7. The van der Waals surface area contributed by atoms with E-state index < -0.39 is 0 Å². The number of thiophene rings is 1. The van der Waals surface area contributed by atoms with Crippen molar-refractivity contribution in [1.82, 2.24) is 5.32 Å². The molecule has 0 fully saturated rings. The summed E-state index contributed by atoms with van der Waals surface area (Å²) >= 11 is 6.86. The average molecular weight is 430 g/mol. The minimum Gasteiger partial charge on any atom is -0.490 e. The number of nitriles is 1. The summed E-state index contributed by atoms with van der Waals surface area (Å²) in [7, 11) is 0. The van der Waals surface area contributed by atoms with Gasteiger partial charge in [0, 0.05) is 11.5 Å². The van der Waals surface area contributed by atoms with Gasteiger partial charge in [0.2, 0.25) is 0 Å². The van der Waals surface area contributed by atoms with Gasteiger partial charge in [0.15, 0.2) is 5.11 Å². The van der Waals surface area contributed by atoms with Gasteiger partial charge >= 0.3 is 0 Å². The SMILES string of the molecule is CCOCCOc1ccccc1C(=O)NC(=S)Nc1sc2c(c1C#N)CCCC2. The predicted molar refractivity (Wildman–Crippen MR) is 118 cm³/mol. The molecule has 0 bridgehead atoms. The van der Waals surface area contributed by atoms with Crippen molar-refractivity contribution in [3.63, 3.8) is 0 Å². The number of fused-ring (bicyclic) bond motifs is 1. The van der Waals surface area contributed by atoms with Crippen molar-refractivity contribution in [2.45, 2.75) is 32.6 Å². The lowest BCUT2D eigenvalue weighted by Crippen LogP contribution is -2.34. The Morgan fingerprint density at radius 2 is 2.07 bits per heavy atom. The lowest BCUT2D eigenvalue weighted by molar-refractivity contribution is 0.0958. The third-order valence-corrected chi connectivity index (χ3v) is 5.97. The van der Waals surface area contributed by atoms with Crippen molar-refractivity contribution in [3.8, 4) is 11.8 Å². The fourth-order valence-electron chi connectivity index (χ4n) is 3.21. The molecule has 6 nitrogen and oxygen atoms in total. The number of aryl methyl sites for hydroxylation is 1. The summed E-state index contributed by atoms with van der Waals surface area (Å²) in [5.41, 5.74) is 2.15. The standard InChI is InChI=1S/C21H23N3O3S2/c1-2-26-11-12-27-17-9-5-3-8-15(17)19(25)23-21(28)24-20-16(13-22)14-7-4-6-10-18(14)29-20/h3,5,8-9H,2,4,6-7,10-12H2,1H3,(H2,23,24,25,28). The van der Waals surface area contributed by atoms with Crippen LogP contribution in [0.25, 0.3) is 0 Å². The van der Waals surface area contributed by atoms with E-state index in [0.717, 1.165) is 31.2 Å². The Kier molecular flexibility index (Phi) is 7.58. The molecule has 0 unspecified atom stereocenters. The number of nitrogens with zero attached hydrogens (tertiary/aromatic N) is 1. The van der Waals surface area contributed by atoms with Crippen LogP contribution in [0.4, 0.5) is 5.00 Å². The predicted octanol–water partition coefficient (Wildman–Crippen LogP) is 4.04. The monoisotopic (exact) mass is 429 g/mol. The van der Waals surface area contributed by atoms with Gasteiger partial charge in [0.25, 0.3) is 5.91 Å². The number of anilines is 1. The molecule has 0 spiro atoms. The smallest absolute Gasteiger partial charge is 0.261 e. The highest BCUT2D eigenvalue weighted by atomic mass is 32.1. The number of hydrogen-bond donors (Lipinski definition) is 2. The fourth-order valence-corrected chi connectivity index (χ4v) is 4.72. The molecule has 1 aromatic carbocycles. The molecule has 1 aromatic heterocycles. The van der Waals surface area contributed by atoms with Gasteiger partial charge in [-0.25, -0.2) is 0 Å². The van der Waals surface area contributed by atoms with Crippen LogP contribution in [0.3, 0.4) is 0 Å². The molecule has 29 heavy (non-hydrogen) atoms. The van der Waals surface area contributed by atoms with Crippen LogP contribution in [0.1, 0.15) is 46.1 Å². The topological polar surface area (TPSA) is 83.4 Å². The second-order valence-corrected chi connectivity index (χ2v) is 7.99. The highest BCUT2D eigenvalue weighted by molar-refractivity contribution is 7.80. The number of carbonyl (C=O) groups is 1. The van der Waals surface area contributed by atoms with E-state index in [1.165, 1.54) is 4.88 Å². The molecular formula is C21H23N3O3S2. The number of hydrogen-bond acceptors (Lipinski definition) is 6. The molecule has 152 valence electrons. The summed E-state index contributed by atoms with van der Waals surface area (Å²) in [6.45, 7) is 3.33. The second-order valence-electron chi connectivity index (χ2n) is 6.48. The Balaban J connectivity index is 1.65. The van der Waals surface area contributed by atoms with E-state index in [9.17, 15) is 10.1 Å². The lowest BCUT2D eigenvalue weighted by atomic mass is 9.96. The van der Waals surface area contributed by atoms with Crippen molar-refractivity contribution >= 4 is 39.6 Å². The second kappa shape index (κ2) is 10.3. The number of rotatable bonds is 7. The van der Waals surface area contributed by atoms with Crippen molar-refractivity contribution in [1.29, 1.82) is 5.26 Å². The molecule has 1 aliphatic rings. The van der Waals surface area contributed by atoms with Gasteiger partial charge in [-0.2, -0.15) is 5.26 Å². The summed E-state index contributed by atoms with van der Waals surface area (Å²) in [5, 5.41) is 16.1. The van der Waals surface area contributed by atoms with Crippen molar-refractivity contribution < 1.29 is 14.3 Å². The molecule has 1 aliphatic carbocycles. The van der Waals surface area contributed by atoms with E-state index in [-0.39, 0.29) is 11.0 Å². The first-order valence-corrected chi connectivity index (χ1v) is 10.8. The van der Waals surface area contributed by atoms with Crippen LogP contribution in [-0.2, 0) is 17.6 Å². The largest absolute Gasteiger partial charge is 0.490 e. The molecular weight excluding hydrogens is 406 g/mol. The molecule has 2 N–H and O–H groups in total. The van der Waals surface area contributed by atoms with Crippen molar-refractivity contribution in [3.05, 3.63) is 45.8 Å². The normalized spacial score (nSPS) is 12.6. The maximum absolute atomic E-state index is 12.7. The third kappa shape index (κ3) is 5.32. The van der Waals surface area contributed by atoms with Crippen LogP contribution >= 0.6 is 23.6 Å². The van der Waals surface area contributed by atoms with Gasteiger partial charge in [0.05, 0.1) is 17.7 Å². The van der Waals surface area contributed by atoms with Gasteiger partial charge in [-0.15, -0.1) is 11.3 Å². The molecule has 1 amide bonds. The van der Waals surface area contributed by atoms with Crippen LogP contribution in [0.5, 0.6) is 5.75 Å². The van der Waals surface area contributed by atoms with Crippen LogP contribution in [0.15, 0.2) is 24.3 Å². The van der Waals surface area contributed by atoms with Crippen LogP contribution < -0.4 is 15.4 Å². The van der Waals surface area contributed by atoms with E-state index in [1.54, 1.807) is 35.6 Å².